The van der Waals surface area contributed by atoms with E-state index in [0.717, 1.165) is 16.6 Å². The van der Waals surface area contributed by atoms with E-state index in [1.165, 1.54) is 80.5 Å². The molecule has 0 saturated carbocycles. The molecule has 0 spiro atoms. The molecular formula is C44H26OS. The van der Waals surface area contributed by atoms with Gasteiger partial charge in [-0.1, -0.05) is 133 Å². The number of fused-ring (bicyclic) bond motifs is 9. The van der Waals surface area contributed by atoms with Gasteiger partial charge in [-0.3, -0.25) is 0 Å². The molecule has 0 N–H and O–H groups in total. The fraction of sp³-hybridized carbons (Fsp3) is 0. The van der Waals surface area contributed by atoms with Crippen LogP contribution in [0, 0.1) is 0 Å². The Morgan fingerprint density at radius 2 is 0.870 bits per heavy atom. The minimum absolute atomic E-state index is 0.924. The van der Waals surface area contributed by atoms with Gasteiger partial charge in [-0.2, -0.15) is 0 Å². The van der Waals surface area contributed by atoms with E-state index >= 15 is 0 Å². The van der Waals surface area contributed by atoms with Gasteiger partial charge in [0, 0.05) is 26.2 Å². The standard InChI is InChI=1S/C44H26OS/c1-2-10-27(11-3-1)28-18-20-29(21-19-28)41-32-13-4-6-15-34(32)42(35-16-7-5-14-33(35)41)30-22-25-39-38(26-30)36-23-24-37-31-12-8-9-17-40(31)46-44(37)43(36)45-39/h1-26H. The average Bonchev–Trinajstić information content (AvgIpc) is 3.69. The molecule has 0 radical (unpaired) electrons. The zero-order chi connectivity index (χ0) is 30.2. The van der Waals surface area contributed by atoms with Crippen molar-refractivity contribution in [2.24, 2.45) is 0 Å². The van der Waals surface area contributed by atoms with Gasteiger partial charge in [0.2, 0.25) is 0 Å². The molecule has 10 rings (SSSR count). The third kappa shape index (κ3) is 3.74. The predicted octanol–water partition coefficient (Wildman–Crippen LogP) is 13.3. The first-order chi connectivity index (χ1) is 22.8. The second-order valence-electron chi connectivity index (χ2n) is 12.0. The maximum absolute atomic E-state index is 6.59. The number of furan rings is 1. The Kier molecular flexibility index (Phi) is 5.51. The highest BCUT2D eigenvalue weighted by molar-refractivity contribution is 7.26. The summed E-state index contributed by atoms with van der Waals surface area (Å²) in [6.07, 6.45) is 0. The van der Waals surface area contributed by atoms with Crippen LogP contribution in [0.1, 0.15) is 0 Å². The van der Waals surface area contributed by atoms with E-state index in [1.54, 1.807) is 0 Å². The summed E-state index contributed by atoms with van der Waals surface area (Å²) in [5.41, 5.74) is 9.32. The van der Waals surface area contributed by atoms with Crippen LogP contribution in [-0.4, -0.2) is 0 Å². The van der Waals surface area contributed by atoms with Gasteiger partial charge < -0.3 is 4.42 Å². The van der Waals surface area contributed by atoms with Crippen molar-refractivity contribution in [2.75, 3.05) is 0 Å². The summed E-state index contributed by atoms with van der Waals surface area (Å²) in [6.45, 7) is 0. The first-order valence-corrected chi connectivity index (χ1v) is 16.5. The fourth-order valence-corrected chi connectivity index (χ4v) is 8.57. The normalized spacial score (nSPS) is 11.9. The van der Waals surface area contributed by atoms with Crippen LogP contribution >= 0.6 is 11.3 Å². The van der Waals surface area contributed by atoms with Crippen LogP contribution in [0.3, 0.4) is 0 Å². The van der Waals surface area contributed by atoms with E-state index in [1.807, 2.05) is 11.3 Å². The first-order valence-electron chi connectivity index (χ1n) is 15.7. The molecule has 1 nitrogen and oxygen atoms in total. The van der Waals surface area contributed by atoms with Crippen LogP contribution in [0.4, 0.5) is 0 Å². The van der Waals surface area contributed by atoms with Crippen LogP contribution in [0.5, 0.6) is 0 Å². The molecule has 0 aliphatic carbocycles. The third-order valence-corrected chi connectivity index (χ3v) is 10.7. The molecule has 2 heteroatoms. The van der Waals surface area contributed by atoms with Crippen LogP contribution < -0.4 is 0 Å². The maximum Gasteiger partial charge on any atom is 0.153 e. The Balaban J connectivity index is 1.21. The Morgan fingerprint density at radius 3 is 1.57 bits per heavy atom. The van der Waals surface area contributed by atoms with E-state index in [9.17, 15) is 0 Å². The molecule has 46 heavy (non-hydrogen) atoms. The highest BCUT2D eigenvalue weighted by Gasteiger charge is 2.19. The van der Waals surface area contributed by atoms with E-state index in [-0.39, 0.29) is 0 Å². The summed E-state index contributed by atoms with van der Waals surface area (Å²) >= 11 is 1.82. The Labute approximate surface area is 269 Å². The maximum atomic E-state index is 6.59. The quantitative estimate of drug-likeness (QED) is 0.183. The summed E-state index contributed by atoms with van der Waals surface area (Å²) in [5, 5.41) is 9.89. The summed E-state index contributed by atoms with van der Waals surface area (Å²) < 4.78 is 9.10. The van der Waals surface area contributed by atoms with Gasteiger partial charge >= 0.3 is 0 Å². The molecule has 214 valence electrons. The van der Waals surface area contributed by atoms with Crippen molar-refractivity contribution < 1.29 is 4.42 Å². The fourth-order valence-electron chi connectivity index (χ4n) is 7.38. The van der Waals surface area contributed by atoms with Crippen molar-refractivity contribution in [1.29, 1.82) is 0 Å². The molecule has 0 aliphatic rings. The Bertz CT molecular complexity index is 2730. The summed E-state index contributed by atoms with van der Waals surface area (Å²) in [6, 6.07) is 57.2. The van der Waals surface area contributed by atoms with Gasteiger partial charge in [0.05, 0.1) is 4.70 Å². The molecule has 0 bridgehead atoms. The summed E-state index contributed by atoms with van der Waals surface area (Å²) in [7, 11) is 0. The third-order valence-electron chi connectivity index (χ3n) is 9.48. The van der Waals surface area contributed by atoms with Crippen LogP contribution in [0.2, 0.25) is 0 Å². The van der Waals surface area contributed by atoms with Crippen molar-refractivity contribution in [2.45, 2.75) is 0 Å². The lowest BCUT2D eigenvalue weighted by atomic mass is 9.85. The van der Waals surface area contributed by atoms with Crippen LogP contribution in [0.25, 0.3) is 97.0 Å². The number of rotatable bonds is 3. The molecule has 0 saturated heterocycles. The van der Waals surface area contributed by atoms with E-state index in [0.29, 0.717) is 0 Å². The van der Waals surface area contributed by atoms with E-state index in [4.69, 9.17) is 4.42 Å². The molecule has 2 aromatic heterocycles. The van der Waals surface area contributed by atoms with Crippen molar-refractivity contribution in [3.63, 3.8) is 0 Å². The Morgan fingerprint density at radius 1 is 0.348 bits per heavy atom. The van der Waals surface area contributed by atoms with Crippen molar-refractivity contribution in [3.8, 4) is 33.4 Å². The van der Waals surface area contributed by atoms with Gasteiger partial charge in [-0.15, -0.1) is 11.3 Å². The summed E-state index contributed by atoms with van der Waals surface area (Å²) in [4.78, 5) is 0. The number of benzene rings is 8. The second-order valence-corrected chi connectivity index (χ2v) is 13.1. The highest BCUT2D eigenvalue weighted by atomic mass is 32.1. The molecule has 2 heterocycles. The van der Waals surface area contributed by atoms with Crippen LogP contribution in [0.15, 0.2) is 162 Å². The van der Waals surface area contributed by atoms with E-state index < -0.39 is 0 Å². The van der Waals surface area contributed by atoms with Gasteiger partial charge in [0.1, 0.15) is 5.58 Å². The molecule has 8 aromatic carbocycles. The average molecular weight is 603 g/mol. The largest absolute Gasteiger partial charge is 0.455 e. The van der Waals surface area contributed by atoms with Gasteiger partial charge in [-0.25, -0.2) is 0 Å². The Hall–Kier alpha value is -5.70. The molecule has 0 amide bonds. The zero-order valence-electron chi connectivity index (χ0n) is 24.8. The van der Waals surface area contributed by atoms with Gasteiger partial charge in [-0.05, 0) is 79.2 Å². The molecule has 0 unspecified atom stereocenters. The topological polar surface area (TPSA) is 13.1 Å². The molecular weight excluding hydrogens is 577 g/mol. The number of thiophene rings is 1. The minimum atomic E-state index is 0.924. The van der Waals surface area contributed by atoms with E-state index in [2.05, 4.69) is 158 Å². The highest BCUT2D eigenvalue weighted by Crippen LogP contribution is 2.46. The van der Waals surface area contributed by atoms with Crippen molar-refractivity contribution in [3.05, 3.63) is 158 Å². The molecule has 0 aliphatic heterocycles. The minimum Gasteiger partial charge on any atom is -0.455 e. The smallest absolute Gasteiger partial charge is 0.153 e. The van der Waals surface area contributed by atoms with Crippen molar-refractivity contribution >= 4 is 75.0 Å². The van der Waals surface area contributed by atoms with Crippen molar-refractivity contribution in [1.82, 2.24) is 0 Å². The first kappa shape index (κ1) is 25.6. The predicted molar refractivity (Wildman–Crippen MR) is 198 cm³/mol. The lowest BCUT2D eigenvalue weighted by molar-refractivity contribution is 0.673. The summed E-state index contributed by atoms with van der Waals surface area (Å²) in [5.74, 6) is 0. The monoisotopic (exact) mass is 602 g/mol. The number of hydrogen-bond donors (Lipinski definition) is 0. The second kappa shape index (κ2) is 9.90. The van der Waals surface area contributed by atoms with Gasteiger partial charge in [0.15, 0.2) is 5.58 Å². The molecule has 10 aromatic rings. The SMILES string of the molecule is c1ccc(-c2ccc(-c3c4ccccc4c(-c4ccc5oc6c(ccc7c8ccccc8sc76)c5c4)c4ccccc34)cc2)cc1. The van der Waals surface area contributed by atoms with Gasteiger partial charge in [0.25, 0.3) is 0 Å². The molecule has 0 fully saturated rings. The van der Waals surface area contributed by atoms with Crippen LogP contribution in [-0.2, 0) is 0 Å². The zero-order valence-corrected chi connectivity index (χ0v) is 25.6. The lowest BCUT2D eigenvalue weighted by Crippen LogP contribution is -1.91. The number of hydrogen-bond acceptors (Lipinski definition) is 2. The molecule has 0 atom stereocenters. The lowest BCUT2D eigenvalue weighted by Gasteiger charge is -2.18.